The zero-order chi connectivity index (χ0) is 13.9. The summed E-state index contributed by atoms with van der Waals surface area (Å²) in [5.74, 6) is 0.638. The van der Waals surface area contributed by atoms with Crippen molar-refractivity contribution in [2.45, 2.75) is 12.6 Å². The van der Waals surface area contributed by atoms with Crippen LogP contribution in [-0.2, 0) is 0 Å². The normalized spacial score (nSPS) is 20.7. The monoisotopic (exact) mass is 294 g/mol. The van der Waals surface area contributed by atoms with Gasteiger partial charge in [0.15, 0.2) is 11.0 Å². The minimum Gasteiger partial charge on any atom is -0.367 e. The molecule has 0 aromatic carbocycles. The van der Waals surface area contributed by atoms with Crippen LogP contribution in [0.2, 0.25) is 5.15 Å². The molecule has 1 saturated heterocycles. The highest BCUT2D eigenvalue weighted by atomic mass is 35.5. The van der Waals surface area contributed by atoms with Gasteiger partial charge in [0, 0.05) is 25.5 Å². The van der Waals surface area contributed by atoms with Crippen molar-refractivity contribution in [2.24, 2.45) is 5.92 Å². The number of rotatable bonds is 4. The number of aromatic nitrogens is 2. The molecule has 8 heteroatoms. The number of alkyl halides is 3. The first kappa shape index (κ1) is 14.3. The van der Waals surface area contributed by atoms with Crippen LogP contribution in [0.4, 0.5) is 19.0 Å². The molecule has 0 aliphatic carbocycles. The third-order valence-corrected chi connectivity index (χ3v) is 3.26. The molecule has 1 atom stereocenters. The Morgan fingerprint density at radius 1 is 1.37 bits per heavy atom. The van der Waals surface area contributed by atoms with E-state index >= 15 is 0 Å². The zero-order valence-corrected chi connectivity index (χ0v) is 10.9. The number of nitrogens with one attached hydrogen (secondary N) is 1. The van der Waals surface area contributed by atoms with E-state index < -0.39 is 12.7 Å². The van der Waals surface area contributed by atoms with E-state index in [0.717, 1.165) is 6.42 Å². The molecule has 0 bridgehead atoms. The molecular formula is C11H14ClF3N4. The molecule has 2 rings (SSSR count). The summed E-state index contributed by atoms with van der Waals surface area (Å²) in [5, 5.41) is 3.30. The first-order chi connectivity index (χ1) is 8.94. The molecular weight excluding hydrogens is 281 g/mol. The smallest absolute Gasteiger partial charge is 0.367 e. The average Bonchev–Trinajstić information content (AvgIpc) is 2.73. The lowest BCUT2D eigenvalue weighted by Gasteiger charge is -2.18. The van der Waals surface area contributed by atoms with Crippen molar-refractivity contribution in [3.63, 3.8) is 0 Å². The van der Waals surface area contributed by atoms with Gasteiger partial charge in [-0.1, -0.05) is 11.6 Å². The van der Waals surface area contributed by atoms with E-state index in [1.54, 1.807) is 0 Å². The van der Waals surface area contributed by atoms with Crippen LogP contribution in [-0.4, -0.2) is 47.2 Å². The topological polar surface area (TPSA) is 41.0 Å². The van der Waals surface area contributed by atoms with Crippen LogP contribution in [0.15, 0.2) is 12.4 Å². The number of anilines is 1. The van der Waals surface area contributed by atoms with E-state index in [-0.39, 0.29) is 11.1 Å². The Morgan fingerprint density at radius 3 is 2.79 bits per heavy atom. The Hall–Kier alpha value is -1.08. The number of hydrogen-bond donors (Lipinski definition) is 1. The van der Waals surface area contributed by atoms with Crippen molar-refractivity contribution in [3.05, 3.63) is 17.5 Å². The molecule has 1 aromatic heterocycles. The van der Waals surface area contributed by atoms with Crippen LogP contribution in [0.5, 0.6) is 0 Å². The third kappa shape index (κ3) is 4.50. The Bertz CT molecular complexity index is 427. The van der Waals surface area contributed by atoms with Gasteiger partial charge in [0.05, 0.1) is 6.54 Å². The van der Waals surface area contributed by atoms with Crippen LogP contribution in [0.1, 0.15) is 6.42 Å². The number of hydrogen-bond acceptors (Lipinski definition) is 4. The van der Waals surface area contributed by atoms with Crippen molar-refractivity contribution >= 4 is 17.4 Å². The van der Waals surface area contributed by atoms with Gasteiger partial charge in [-0.25, -0.2) is 9.97 Å². The van der Waals surface area contributed by atoms with E-state index in [9.17, 15) is 13.2 Å². The lowest BCUT2D eigenvalue weighted by Crippen LogP contribution is -2.33. The molecule has 1 aliphatic rings. The Labute approximate surface area is 114 Å². The summed E-state index contributed by atoms with van der Waals surface area (Å²) in [6, 6.07) is 0. The summed E-state index contributed by atoms with van der Waals surface area (Å²) in [4.78, 5) is 9.31. The fraction of sp³-hybridized carbons (Fsp3) is 0.636. The Balaban J connectivity index is 1.78. The molecule has 1 N–H and O–H groups in total. The van der Waals surface area contributed by atoms with Crippen LogP contribution < -0.4 is 5.32 Å². The fourth-order valence-electron chi connectivity index (χ4n) is 2.16. The van der Waals surface area contributed by atoms with E-state index in [1.165, 1.54) is 17.3 Å². The maximum Gasteiger partial charge on any atom is 0.401 e. The van der Waals surface area contributed by atoms with Crippen LogP contribution in [0.25, 0.3) is 0 Å². The van der Waals surface area contributed by atoms with Gasteiger partial charge in [-0.05, 0) is 18.9 Å². The van der Waals surface area contributed by atoms with Crippen LogP contribution in [0.3, 0.4) is 0 Å². The number of halogens is 4. The minimum atomic E-state index is -4.13. The second kappa shape index (κ2) is 5.92. The number of nitrogens with zero attached hydrogens (tertiary/aromatic N) is 3. The Kier molecular flexibility index (Phi) is 4.46. The summed E-state index contributed by atoms with van der Waals surface area (Å²) in [5.41, 5.74) is 0. The molecule has 1 unspecified atom stereocenters. The number of likely N-dealkylation sites (tertiary alicyclic amines) is 1. The maximum atomic E-state index is 12.2. The predicted octanol–water partition coefficient (Wildman–Crippen LogP) is 2.43. The molecule has 1 fully saturated rings. The van der Waals surface area contributed by atoms with Gasteiger partial charge in [0.1, 0.15) is 0 Å². The molecule has 19 heavy (non-hydrogen) atoms. The molecule has 4 nitrogen and oxygen atoms in total. The van der Waals surface area contributed by atoms with Gasteiger partial charge in [-0.15, -0.1) is 0 Å². The van der Waals surface area contributed by atoms with Gasteiger partial charge < -0.3 is 5.32 Å². The summed E-state index contributed by atoms with van der Waals surface area (Å²) < 4.78 is 36.7. The lowest BCUT2D eigenvalue weighted by molar-refractivity contribution is -0.143. The summed E-state index contributed by atoms with van der Waals surface area (Å²) in [7, 11) is 0. The van der Waals surface area contributed by atoms with E-state index in [1.807, 2.05) is 0 Å². The largest absolute Gasteiger partial charge is 0.401 e. The van der Waals surface area contributed by atoms with Crippen molar-refractivity contribution in [2.75, 3.05) is 31.5 Å². The van der Waals surface area contributed by atoms with Gasteiger partial charge in [-0.3, -0.25) is 4.90 Å². The highest BCUT2D eigenvalue weighted by Gasteiger charge is 2.34. The third-order valence-electron chi connectivity index (χ3n) is 2.98. The molecule has 0 spiro atoms. The molecule has 0 amide bonds. The molecule has 0 saturated carbocycles. The zero-order valence-electron chi connectivity index (χ0n) is 10.1. The molecule has 1 aliphatic heterocycles. The summed E-state index contributed by atoms with van der Waals surface area (Å²) >= 11 is 5.83. The van der Waals surface area contributed by atoms with E-state index in [0.29, 0.717) is 25.5 Å². The lowest BCUT2D eigenvalue weighted by atomic mass is 10.1. The minimum absolute atomic E-state index is 0.167. The quantitative estimate of drug-likeness (QED) is 0.926. The van der Waals surface area contributed by atoms with Crippen molar-refractivity contribution in [1.82, 2.24) is 14.9 Å². The molecule has 0 radical (unpaired) electrons. The van der Waals surface area contributed by atoms with Crippen LogP contribution in [0, 0.1) is 5.92 Å². The molecule has 2 heterocycles. The predicted molar refractivity (Wildman–Crippen MR) is 66.1 cm³/mol. The van der Waals surface area contributed by atoms with Gasteiger partial charge >= 0.3 is 6.18 Å². The van der Waals surface area contributed by atoms with Crippen molar-refractivity contribution in [3.8, 4) is 0 Å². The average molecular weight is 295 g/mol. The maximum absolute atomic E-state index is 12.2. The first-order valence-corrected chi connectivity index (χ1v) is 6.31. The first-order valence-electron chi connectivity index (χ1n) is 5.93. The molecule has 1 aromatic rings. The van der Waals surface area contributed by atoms with E-state index in [2.05, 4.69) is 15.3 Å². The fourth-order valence-corrected chi connectivity index (χ4v) is 2.33. The van der Waals surface area contributed by atoms with E-state index in [4.69, 9.17) is 11.6 Å². The highest BCUT2D eigenvalue weighted by Crippen LogP contribution is 2.23. The second-order valence-electron chi connectivity index (χ2n) is 4.58. The summed E-state index contributed by atoms with van der Waals surface area (Å²) in [6.45, 7) is 0.618. The summed E-state index contributed by atoms with van der Waals surface area (Å²) in [6.07, 6.45) is -0.398. The Morgan fingerprint density at radius 2 is 2.11 bits per heavy atom. The van der Waals surface area contributed by atoms with Gasteiger partial charge in [0.25, 0.3) is 0 Å². The highest BCUT2D eigenvalue weighted by molar-refractivity contribution is 6.31. The van der Waals surface area contributed by atoms with Crippen molar-refractivity contribution in [1.29, 1.82) is 0 Å². The van der Waals surface area contributed by atoms with Crippen molar-refractivity contribution < 1.29 is 13.2 Å². The van der Waals surface area contributed by atoms with Crippen LogP contribution >= 0.6 is 11.6 Å². The second-order valence-corrected chi connectivity index (χ2v) is 4.94. The molecule has 106 valence electrons. The van der Waals surface area contributed by atoms with Gasteiger partial charge in [-0.2, -0.15) is 13.2 Å². The standard InChI is InChI=1S/C11H14ClF3N4/c12-9-10(17-3-2-16-9)18-5-8-1-4-19(6-8)7-11(13,14)15/h2-3,8H,1,4-7H2,(H,17,18). The van der Waals surface area contributed by atoms with Gasteiger partial charge in [0.2, 0.25) is 0 Å². The SMILES string of the molecule is FC(F)(F)CN1CCC(CNc2nccnc2Cl)C1.